The first-order chi connectivity index (χ1) is 17.9. The molecule has 1 fully saturated rings. The fourth-order valence-corrected chi connectivity index (χ4v) is 5.90. The molecule has 2 aliphatic rings. The average molecular weight is 591 g/mol. The van der Waals surface area contributed by atoms with Crippen molar-refractivity contribution in [2.45, 2.75) is 29.4 Å². The first-order valence-electron chi connectivity index (χ1n) is 11.1. The van der Waals surface area contributed by atoms with Gasteiger partial charge in [0, 0.05) is 22.2 Å². The SMILES string of the molecule is O=S(=O)(N[C@@H]1COC[C@H](N2c3ccc(Cl)cc3Oc3cc(Cl)ccc32)[C@H]1O)c1ccc(OC(F)(F)F)cc1. The van der Waals surface area contributed by atoms with Crippen molar-refractivity contribution < 1.29 is 40.9 Å². The van der Waals surface area contributed by atoms with Crippen LogP contribution in [-0.2, 0) is 14.8 Å². The quantitative estimate of drug-likeness (QED) is 0.419. The Morgan fingerprint density at radius 3 is 2.08 bits per heavy atom. The van der Waals surface area contributed by atoms with E-state index in [-0.39, 0.29) is 18.1 Å². The van der Waals surface area contributed by atoms with Crippen molar-refractivity contribution in [3.63, 3.8) is 0 Å². The van der Waals surface area contributed by atoms with Crippen LogP contribution in [0.1, 0.15) is 0 Å². The number of nitrogens with zero attached hydrogens (tertiary/aromatic N) is 1. The summed E-state index contributed by atoms with van der Waals surface area (Å²) in [6.07, 6.45) is -6.18. The van der Waals surface area contributed by atoms with Crippen molar-refractivity contribution in [2.24, 2.45) is 0 Å². The molecule has 38 heavy (non-hydrogen) atoms. The maximum atomic E-state index is 13.0. The molecule has 0 unspecified atom stereocenters. The summed E-state index contributed by atoms with van der Waals surface area (Å²) in [5.41, 5.74) is 1.14. The van der Waals surface area contributed by atoms with Crippen molar-refractivity contribution in [1.82, 2.24) is 4.72 Å². The van der Waals surface area contributed by atoms with Gasteiger partial charge >= 0.3 is 6.36 Å². The van der Waals surface area contributed by atoms with Crippen molar-refractivity contribution in [3.05, 3.63) is 70.7 Å². The number of hydrogen-bond acceptors (Lipinski definition) is 7. The van der Waals surface area contributed by atoms with Gasteiger partial charge in [0.25, 0.3) is 0 Å². The van der Waals surface area contributed by atoms with Gasteiger partial charge in [-0.15, -0.1) is 13.2 Å². The van der Waals surface area contributed by atoms with Gasteiger partial charge in [-0.1, -0.05) is 23.2 Å². The van der Waals surface area contributed by atoms with Gasteiger partial charge in [-0.3, -0.25) is 0 Å². The number of alkyl halides is 3. The van der Waals surface area contributed by atoms with Crippen LogP contribution in [0.5, 0.6) is 17.2 Å². The number of halogens is 5. The molecule has 0 amide bonds. The standard InChI is InChI=1S/C24H19Cl2F3N2O6S/c25-13-1-7-18-21(9-13)36-22-10-14(26)2-8-19(22)31(18)20-12-35-11-17(23(20)32)30-38(33,34)16-5-3-15(4-6-16)37-24(27,28)29/h1-10,17,20,23,30,32H,11-12H2/t17-,20+,23+/m1/s1. The lowest BCUT2D eigenvalue weighted by Gasteiger charge is -2.44. The molecule has 3 aromatic rings. The molecule has 0 saturated carbocycles. The van der Waals surface area contributed by atoms with Crippen LogP contribution >= 0.6 is 23.2 Å². The van der Waals surface area contributed by atoms with Crippen LogP contribution in [-0.4, -0.2) is 51.3 Å². The smallest absolute Gasteiger partial charge is 0.453 e. The number of fused-ring (bicyclic) bond motifs is 2. The second-order valence-electron chi connectivity index (χ2n) is 8.54. The summed E-state index contributed by atoms with van der Waals surface area (Å²) in [6.45, 7) is -0.0928. The van der Waals surface area contributed by atoms with E-state index in [1.807, 2.05) is 0 Å². The Hall–Kier alpha value is -2.74. The largest absolute Gasteiger partial charge is 0.573 e. The molecule has 8 nitrogen and oxygen atoms in total. The summed E-state index contributed by atoms with van der Waals surface area (Å²) in [5, 5.41) is 12.2. The van der Waals surface area contributed by atoms with Gasteiger partial charge in [0.1, 0.15) is 5.75 Å². The Kier molecular flexibility index (Phi) is 7.14. The van der Waals surface area contributed by atoms with Gasteiger partial charge in [0.2, 0.25) is 10.0 Å². The Labute approximate surface area is 225 Å². The van der Waals surface area contributed by atoms with Gasteiger partial charge in [0.15, 0.2) is 11.5 Å². The highest BCUT2D eigenvalue weighted by atomic mass is 35.5. The predicted octanol–water partition coefficient (Wildman–Crippen LogP) is 5.24. The molecule has 0 aliphatic carbocycles. The summed E-state index contributed by atoms with van der Waals surface area (Å²) in [6, 6.07) is 11.8. The third-order valence-corrected chi connectivity index (χ3v) is 7.96. The zero-order valence-corrected chi connectivity index (χ0v) is 21.5. The second-order valence-corrected chi connectivity index (χ2v) is 11.1. The minimum Gasteiger partial charge on any atom is -0.453 e. The number of hydrogen-bond donors (Lipinski definition) is 2. The van der Waals surface area contributed by atoms with Gasteiger partial charge in [-0.05, 0) is 48.5 Å². The molecule has 1 saturated heterocycles. The maximum absolute atomic E-state index is 13.0. The van der Waals surface area contributed by atoms with E-state index in [1.165, 1.54) is 0 Å². The van der Waals surface area contributed by atoms with Gasteiger partial charge < -0.3 is 24.2 Å². The van der Waals surface area contributed by atoms with Crippen LogP contribution in [0.25, 0.3) is 0 Å². The van der Waals surface area contributed by atoms with Crippen molar-refractivity contribution in [1.29, 1.82) is 0 Å². The molecule has 0 radical (unpaired) electrons. The predicted molar refractivity (Wildman–Crippen MR) is 133 cm³/mol. The number of rotatable bonds is 5. The molecule has 5 rings (SSSR count). The van der Waals surface area contributed by atoms with Crippen LogP contribution < -0.4 is 19.1 Å². The number of aliphatic hydroxyl groups is 1. The summed E-state index contributed by atoms with van der Waals surface area (Å²) in [5.74, 6) is 0.245. The third-order valence-electron chi connectivity index (χ3n) is 5.98. The Balaban J connectivity index is 1.42. The Morgan fingerprint density at radius 2 is 1.53 bits per heavy atom. The molecule has 0 spiro atoms. The summed E-state index contributed by atoms with van der Waals surface area (Å²) in [4.78, 5) is 1.46. The van der Waals surface area contributed by atoms with Crippen molar-refractivity contribution in [2.75, 3.05) is 18.1 Å². The second kappa shape index (κ2) is 10.1. The lowest BCUT2D eigenvalue weighted by Crippen LogP contribution is -2.60. The molecule has 14 heteroatoms. The number of ether oxygens (including phenoxy) is 3. The molecule has 0 aromatic heterocycles. The highest BCUT2D eigenvalue weighted by molar-refractivity contribution is 7.89. The molecule has 2 heterocycles. The third kappa shape index (κ3) is 5.51. The molecule has 3 atom stereocenters. The van der Waals surface area contributed by atoms with E-state index < -0.39 is 40.3 Å². The lowest BCUT2D eigenvalue weighted by atomic mass is 9.98. The van der Waals surface area contributed by atoms with E-state index >= 15 is 0 Å². The Bertz CT molecular complexity index is 1410. The van der Waals surface area contributed by atoms with Gasteiger partial charge in [-0.2, -0.15) is 0 Å². The molecular weight excluding hydrogens is 572 g/mol. The zero-order chi connectivity index (χ0) is 27.2. The van der Waals surface area contributed by atoms with Crippen molar-refractivity contribution in [3.8, 4) is 17.2 Å². The van der Waals surface area contributed by atoms with Crippen LogP contribution in [0.3, 0.4) is 0 Å². The monoisotopic (exact) mass is 590 g/mol. The summed E-state index contributed by atoms with van der Waals surface area (Å²) < 4.78 is 81.1. The number of sulfonamides is 1. The zero-order valence-electron chi connectivity index (χ0n) is 19.2. The number of anilines is 2. The normalized spacial score (nSPS) is 21.3. The molecule has 0 bridgehead atoms. The minimum atomic E-state index is -4.91. The van der Waals surface area contributed by atoms with E-state index in [1.54, 1.807) is 41.3 Å². The first kappa shape index (κ1) is 26.9. The first-order valence-corrected chi connectivity index (χ1v) is 13.4. The van der Waals surface area contributed by atoms with E-state index in [2.05, 4.69) is 9.46 Å². The lowest BCUT2D eigenvalue weighted by molar-refractivity contribution is -0.274. The average Bonchev–Trinajstić information content (AvgIpc) is 2.83. The van der Waals surface area contributed by atoms with E-state index in [0.717, 1.165) is 24.3 Å². The number of benzene rings is 3. The molecule has 3 aromatic carbocycles. The summed E-state index contributed by atoms with van der Waals surface area (Å²) >= 11 is 12.3. The van der Waals surface area contributed by atoms with Crippen LogP contribution in [0, 0.1) is 0 Å². The van der Waals surface area contributed by atoms with Gasteiger partial charge in [-0.25, -0.2) is 13.1 Å². The fraction of sp³-hybridized carbons (Fsp3) is 0.250. The number of nitrogens with one attached hydrogen (secondary N) is 1. The van der Waals surface area contributed by atoms with Crippen LogP contribution in [0.4, 0.5) is 24.5 Å². The van der Waals surface area contributed by atoms with Crippen LogP contribution in [0.2, 0.25) is 10.0 Å². The summed E-state index contributed by atoms with van der Waals surface area (Å²) in [7, 11) is -4.24. The molecule has 2 aliphatic heterocycles. The fourth-order valence-electron chi connectivity index (χ4n) is 4.34. The highest BCUT2D eigenvalue weighted by Crippen LogP contribution is 2.50. The maximum Gasteiger partial charge on any atom is 0.573 e. The Morgan fingerprint density at radius 1 is 0.947 bits per heavy atom. The van der Waals surface area contributed by atoms with E-state index in [0.29, 0.717) is 32.9 Å². The molecular formula is C24H19Cl2F3N2O6S. The molecule has 202 valence electrons. The number of aliphatic hydroxyl groups excluding tert-OH is 1. The topological polar surface area (TPSA) is 97.3 Å². The van der Waals surface area contributed by atoms with E-state index in [9.17, 15) is 26.7 Å². The van der Waals surface area contributed by atoms with Crippen LogP contribution in [0.15, 0.2) is 65.6 Å². The molecule has 2 N–H and O–H groups in total. The van der Waals surface area contributed by atoms with Gasteiger partial charge in [0.05, 0.1) is 47.7 Å². The van der Waals surface area contributed by atoms with E-state index in [4.69, 9.17) is 32.7 Å². The minimum absolute atomic E-state index is 0.0486. The van der Waals surface area contributed by atoms with Crippen molar-refractivity contribution >= 4 is 44.6 Å². The highest BCUT2D eigenvalue weighted by Gasteiger charge is 2.42.